The average Bonchev–Trinajstić information content (AvgIpc) is 0.751. The zero-order valence-electron chi connectivity index (χ0n) is 45.4. The molecule has 0 unspecified atom stereocenters. The molecule has 10 rings (SSSR count). The summed E-state index contributed by atoms with van der Waals surface area (Å²) in [7, 11) is -43.5. The highest BCUT2D eigenvalue weighted by Crippen LogP contribution is 2.51. The number of benzene rings is 10. The molecule has 36 nitrogen and oxygen atoms in total. The zero-order chi connectivity index (χ0) is 69.1. The van der Waals surface area contributed by atoms with Crippen molar-refractivity contribution in [3.05, 3.63) is 121 Å². The Bertz CT molecular complexity index is 6210. The molecular weight excluding hydrogens is 1420 g/mol. The molecule has 0 spiro atoms. The van der Waals surface area contributed by atoms with E-state index in [0.29, 0.717) is 35.7 Å². The lowest BCUT2D eigenvalue weighted by atomic mass is 10.0. The van der Waals surface area contributed by atoms with Crippen LogP contribution in [0.4, 0.5) is 51.2 Å². The van der Waals surface area contributed by atoms with Gasteiger partial charge in [0, 0.05) is 26.9 Å². The average molecular weight is 1450 g/mol. The third kappa shape index (κ3) is 13.1. The molecule has 94 heavy (non-hydrogen) atoms. The second-order valence-corrected chi connectivity index (χ2v) is 30.6. The molecule has 10 aromatic rings. The Balaban J connectivity index is 1.09. The lowest BCUT2D eigenvalue weighted by molar-refractivity contribution is 0.471. The number of nitrogen functional groups attached to an aromatic ring is 1. The lowest BCUT2D eigenvalue weighted by Crippen LogP contribution is -2.05. The van der Waals surface area contributed by atoms with Gasteiger partial charge in [0.05, 0.1) is 32.2 Å². The van der Waals surface area contributed by atoms with Crippen LogP contribution in [-0.2, 0) is 80.9 Å². The predicted octanol–water partition coefficient (Wildman–Crippen LogP) is 9.79. The van der Waals surface area contributed by atoms with Gasteiger partial charge in [-0.15, -0.1) is 30.7 Å². The minimum Gasteiger partial charge on any atom is -0.505 e. The molecule has 0 aromatic heterocycles. The highest BCUT2D eigenvalue weighted by molar-refractivity contribution is 7.88. The zero-order valence-corrected chi connectivity index (χ0v) is 52.0. The molecule has 0 heterocycles. The van der Waals surface area contributed by atoms with E-state index in [1.165, 1.54) is 48.5 Å². The maximum Gasteiger partial charge on any atom is 0.297 e. The monoisotopic (exact) mass is 1450 g/mol. The molecule has 0 radical (unpaired) electrons. The number of azo groups is 4. The van der Waals surface area contributed by atoms with E-state index >= 15 is 0 Å². The van der Waals surface area contributed by atoms with Crippen molar-refractivity contribution < 1.29 is 119 Å². The number of aromatic hydroxyl groups is 3. The summed E-state index contributed by atoms with van der Waals surface area (Å²) in [6.07, 6.45) is 0. The van der Waals surface area contributed by atoms with E-state index in [-0.39, 0.29) is 33.6 Å². The van der Waals surface area contributed by atoms with Crippen LogP contribution in [0.25, 0.3) is 53.9 Å². The first-order valence-electron chi connectivity index (χ1n) is 24.6. The lowest BCUT2D eigenvalue weighted by Gasteiger charge is -2.15. The Kier molecular flexibility index (Phi) is 16.6. The second kappa shape index (κ2) is 23.1. The van der Waals surface area contributed by atoms with Gasteiger partial charge < -0.3 is 21.1 Å². The first-order chi connectivity index (χ1) is 43.3. The number of phenolic OH excluding ortho intramolecular Hbond substituents is 3. The van der Waals surface area contributed by atoms with Crippen molar-refractivity contribution in [1.29, 1.82) is 0 Å². The molecular formula is C50H33N9O27S8. The summed E-state index contributed by atoms with van der Waals surface area (Å²) in [6.45, 7) is 0. The molecule has 10 aromatic carbocycles. The van der Waals surface area contributed by atoms with Crippen LogP contribution in [0.1, 0.15) is 0 Å². The van der Waals surface area contributed by atoms with Gasteiger partial charge in [-0.2, -0.15) is 77.6 Å². The van der Waals surface area contributed by atoms with Crippen molar-refractivity contribution in [2.45, 2.75) is 39.2 Å². The fraction of sp³-hybridized carbons (Fsp3) is 0. The number of hydrogen-bond acceptors (Lipinski definition) is 28. The van der Waals surface area contributed by atoms with Gasteiger partial charge in [0.1, 0.15) is 63.5 Å². The largest absolute Gasteiger partial charge is 0.505 e. The summed E-state index contributed by atoms with van der Waals surface area (Å²) in [5.41, 5.74) is -1.68. The number of nitrogens with zero attached hydrogens (tertiary/aromatic N) is 8. The maximum atomic E-state index is 13.2. The highest BCUT2D eigenvalue weighted by atomic mass is 32.2. The molecule has 0 bridgehead atoms. The second-order valence-electron chi connectivity index (χ2n) is 19.5. The van der Waals surface area contributed by atoms with Gasteiger partial charge in [0.2, 0.25) is 0 Å². The third-order valence-electron chi connectivity index (χ3n) is 13.5. The molecule has 0 aliphatic carbocycles. The van der Waals surface area contributed by atoms with E-state index in [4.69, 9.17) is 5.73 Å². The first kappa shape index (κ1) is 67.3. The number of fused-ring (bicyclic) bond motifs is 5. The van der Waals surface area contributed by atoms with Crippen LogP contribution in [-0.4, -0.2) is 119 Å². The summed E-state index contributed by atoms with van der Waals surface area (Å²) in [5.74, 6) is -4.11. The number of anilines is 1. The van der Waals surface area contributed by atoms with Crippen molar-refractivity contribution in [3.8, 4) is 17.2 Å². The molecule has 44 heteroatoms. The molecule has 0 saturated heterocycles. The van der Waals surface area contributed by atoms with E-state index < -0.39 is 209 Å². The van der Waals surface area contributed by atoms with E-state index in [9.17, 15) is 119 Å². The van der Waals surface area contributed by atoms with E-state index in [1.807, 2.05) is 0 Å². The Morgan fingerprint density at radius 3 is 0.979 bits per heavy atom. The van der Waals surface area contributed by atoms with Crippen LogP contribution >= 0.6 is 0 Å². The number of rotatable bonds is 16. The van der Waals surface area contributed by atoms with Crippen LogP contribution in [0.2, 0.25) is 0 Å². The Hall–Kier alpha value is -9.62. The quantitative estimate of drug-likeness (QED) is 0.0243. The van der Waals surface area contributed by atoms with E-state index in [0.717, 1.165) is 36.4 Å². The molecule has 0 amide bonds. The summed E-state index contributed by atoms with van der Waals surface area (Å²) in [5, 5.41) is 59.8. The minimum atomic E-state index is -5.82. The maximum absolute atomic E-state index is 13.2. The number of hydrogen-bond donors (Lipinski definition) is 12. The fourth-order valence-electron chi connectivity index (χ4n) is 9.44. The van der Waals surface area contributed by atoms with Gasteiger partial charge in [-0.3, -0.25) is 36.4 Å². The van der Waals surface area contributed by atoms with Crippen molar-refractivity contribution in [2.24, 2.45) is 40.9 Å². The molecule has 0 aliphatic rings. The molecule has 0 atom stereocenters. The molecule has 0 saturated carbocycles. The first-order valence-corrected chi connectivity index (χ1v) is 36.2. The normalized spacial score (nSPS) is 13.6. The van der Waals surface area contributed by atoms with Gasteiger partial charge in [0.25, 0.3) is 80.9 Å². The van der Waals surface area contributed by atoms with Gasteiger partial charge >= 0.3 is 0 Å². The molecule has 0 aliphatic heterocycles. The summed E-state index contributed by atoms with van der Waals surface area (Å²) >= 11 is 0. The van der Waals surface area contributed by atoms with E-state index in [2.05, 4.69) is 40.9 Å². The van der Waals surface area contributed by atoms with Crippen molar-refractivity contribution in [3.63, 3.8) is 0 Å². The van der Waals surface area contributed by atoms with Crippen LogP contribution in [0, 0.1) is 0 Å². The van der Waals surface area contributed by atoms with Crippen LogP contribution < -0.4 is 5.73 Å². The number of nitrogens with two attached hydrogens (primary N) is 1. The van der Waals surface area contributed by atoms with Gasteiger partial charge in [-0.25, -0.2) is 0 Å². The SMILES string of the molecule is Nc1c(N=Nc2ccc3c(O)c(N=Nc4ccc5cc(S(=O)(=O)O)ccc5c4)c(S(=O)(=O)O)cc3c2S(=O)(=O)O)cc(S(=O)(=O)O)c2cc(S(=O)(=O)O)c(N=Nc3ccc4c(O)c(N=Nc5ccc6cc(S(=O)(=O)O)ccc6c5)c(S(=O)(=O)O)cc4c3S(=O)(=O)O)c(O)c12. The Labute approximate surface area is 526 Å². The van der Waals surface area contributed by atoms with Crippen LogP contribution in [0.3, 0.4) is 0 Å². The number of phenols is 3. The highest BCUT2D eigenvalue weighted by Gasteiger charge is 2.33. The molecule has 0 fully saturated rings. The smallest absolute Gasteiger partial charge is 0.297 e. The third-order valence-corrected chi connectivity index (χ3v) is 20.6. The Morgan fingerprint density at radius 2 is 0.606 bits per heavy atom. The Morgan fingerprint density at radius 1 is 0.277 bits per heavy atom. The van der Waals surface area contributed by atoms with Crippen LogP contribution in [0.15, 0.2) is 201 Å². The minimum absolute atomic E-state index is 0.0929. The topological polar surface area (TPSA) is 621 Å². The predicted molar refractivity (Wildman–Crippen MR) is 324 cm³/mol. The fourth-order valence-corrected chi connectivity index (χ4v) is 14.8. The van der Waals surface area contributed by atoms with Crippen molar-refractivity contribution in [1.82, 2.24) is 0 Å². The van der Waals surface area contributed by atoms with Crippen molar-refractivity contribution >= 4 is 186 Å². The van der Waals surface area contributed by atoms with E-state index in [1.54, 1.807) is 0 Å². The van der Waals surface area contributed by atoms with Gasteiger partial charge in [0.15, 0.2) is 17.2 Å². The summed E-state index contributed by atoms with van der Waals surface area (Å²) < 4.78 is 284. The van der Waals surface area contributed by atoms with Gasteiger partial charge in [-0.1, -0.05) is 24.3 Å². The molecule has 13 N–H and O–H groups in total. The van der Waals surface area contributed by atoms with Crippen LogP contribution in [0.5, 0.6) is 17.2 Å². The van der Waals surface area contributed by atoms with Crippen molar-refractivity contribution in [2.75, 3.05) is 5.73 Å². The summed E-state index contributed by atoms with van der Waals surface area (Å²) in [6, 6.07) is 18.6. The summed E-state index contributed by atoms with van der Waals surface area (Å²) in [4.78, 5) is -9.63. The van der Waals surface area contributed by atoms with Gasteiger partial charge in [-0.05, 0) is 119 Å². The standard InChI is InChI=1S/C50H33N9O27S8/c51-42-36(56-54-34-11-9-29-31(49(34)93(81,82)83)17-38(90(72,73)74)43(46(29)60)57-52-25-5-1-23-15-27(87(63,64)65)7-3-21(23)13-25)20-37(89(69,70)71)33-19-40(92(78,79)80)45(48(62)41(33)42)59-55-35-12-10-30-32(50(35)94(84,85)86)18-39(91(75,76)77)44(47(30)61)58-53-26-6-2-24-16-28(88(66,67)68)8-4-22(24)14-26/h1-20,60-62H,51H2,(H,63,64,65)(H,66,67,68)(H,69,70,71)(H,72,73,74)(H,75,76,77)(H,78,79,80)(H,81,82,83)(H,84,85,86). The molecule has 488 valence electrons.